The van der Waals surface area contributed by atoms with E-state index in [1.807, 2.05) is 6.07 Å². The van der Waals surface area contributed by atoms with Crippen molar-refractivity contribution in [2.75, 3.05) is 5.33 Å². The first-order valence-corrected chi connectivity index (χ1v) is 4.74. The van der Waals surface area contributed by atoms with E-state index in [2.05, 4.69) is 32.9 Å². The summed E-state index contributed by atoms with van der Waals surface area (Å²) in [5.74, 6) is 0.731. The Morgan fingerprint density at radius 2 is 2.58 bits per heavy atom. The van der Waals surface area contributed by atoms with E-state index < -0.39 is 0 Å². The quantitative estimate of drug-likeness (QED) is 0.731. The maximum absolute atomic E-state index is 8.44. The summed E-state index contributed by atoms with van der Waals surface area (Å²) < 4.78 is 1.68. The van der Waals surface area contributed by atoms with Gasteiger partial charge in [0.1, 0.15) is 12.4 Å². The Hall–Kier alpha value is -0.890. The molecule has 0 aliphatic carbocycles. The van der Waals surface area contributed by atoms with Crippen LogP contribution >= 0.6 is 15.9 Å². The van der Waals surface area contributed by atoms with Gasteiger partial charge in [0, 0.05) is 11.9 Å². The molecule has 0 saturated carbocycles. The largest absolute Gasteiger partial charge is 0.252 e. The van der Waals surface area contributed by atoms with Crippen molar-refractivity contribution in [2.45, 2.75) is 13.5 Å². The number of halogens is 1. The molecule has 0 radical (unpaired) electrons. The van der Waals surface area contributed by atoms with Crippen LogP contribution in [0.15, 0.2) is 6.33 Å². The molecular formula is C7H9BrN4. The minimum atomic E-state index is 0.233. The number of hydrogen-bond donors (Lipinski definition) is 0. The molecule has 1 aromatic heterocycles. The van der Waals surface area contributed by atoms with Crippen molar-refractivity contribution >= 4 is 15.9 Å². The summed E-state index contributed by atoms with van der Waals surface area (Å²) in [7, 11) is 0. The molecule has 5 heteroatoms. The van der Waals surface area contributed by atoms with Gasteiger partial charge in [0.15, 0.2) is 0 Å². The Bertz CT molecular complexity index is 288. The summed E-state index contributed by atoms with van der Waals surface area (Å²) in [5.41, 5.74) is 0. The van der Waals surface area contributed by atoms with Crippen LogP contribution in [0.25, 0.3) is 0 Å². The number of nitriles is 1. The van der Waals surface area contributed by atoms with Gasteiger partial charge < -0.3 is 0 Å². The average Bonchev–Trinajstić information content (AvgIpc) is 2.52. The van der Waals surface area contributed by atoms with Crippen LogP contribution < -0.4 is 0 Å². The van der Waals surface area contributed by atoms with Crippen LogP contribution in [0.4, 0.5) is 0 Å². The molecule has 0 spiro atoms. The van der Waals surface area contributed by atoms with Crippen molar-refractivity contribution in [3.05, 3.63) is 12.2 Å². The first-order chi connectivity index (χ1) is 5.76. The smallest absolute Gasteiger partial charge is 0.251 e. The van der Waals surface area contributed by atoms with Gasteiger partial charge in [-0.25, -0.2) is 4.98 Å². The average molecular weight is 229 g/mol. The van der Waals surface area contributed by atoms with Crippen molar-refractivity contribution in [3.63, 3.8) is 0 Å². The Morgan fingerprint density at radius 3 is 3.08 bits per heavy atom. The normalized spacial score (nSPS) is 12.4. The molecule has 0 amide bonds. The minimum Gasteiger partial charge on any atom is -0.251 e. The van der Waals surface area contributed by atoms with E-state index in [1.54, 1.807) is 11.0 Å². The second-order valence-electron chi connectivity index (χ2n) is 2.66. The molecule has 0 fully saturated rings. The van der Waals surface area contributed by atoms with Crippen molar-refractivity contribution in [1.29, 1.82) is 5.26 Å². The number of aromatic nitrogens is 3. The van der Waals surface area contributed by atoms with E-state index in [0.29, 0.717) is 5.92 Å². The summed E-state index contributed by atoms with van der Waals surface area (Å²) in [4.78, 5) is 3.80. The Balaban J connectivity index is 2.59. The lowest BCUT2D eigenvalue weighted by Crippen LogP contribution is -2.09. The molecule has 0 aliphatic rings. The highest BCUT2D eigenvalue weighted by Crippen LogP contribution is 2.02. The van der Waals surface area contributed by atoms with Gasteiger partial charge in [-0.05, 0) is 5.92 Å². The number of alkyl halides is 1. The molecule has 0 aliphatic heterocycles. The zero-order valence-electron chi connectivity index (χ0n) is 6.74. The molecule has 4 nitrogen and oxygen atoms in total. The molecule has 0 saturated heterocycles. The van der Waals surface area contributed by atoms with Crippen molar-refractivity contribution in [3.8, 4) is 6.07 Å². The lowest BCUT2D eigenvalue weighted by atomic mass is 10.2. The first kappa shape index (κ1) is 9.20. The van der Waals surface area contributed by atoms with Gasteiger partial charge >= 0.3 is 0 Å². The summed E-state index contributed by atoms with van der Waals surface area (Å²) in [6, 6.07) is 1.88. The highest BCUT2D eigenvalue weighted by Gasteiger charge is 2.03. The SMILES string of the molecule is CC(CBr)Cn1cnc(C#N)n1. The number of nitrogens with zero attached hydrogens (tertiary/aromatic N) is 4. The van der Waals surface area contributed by atoms with E-state index in [0.717, 1.165) is 11.9 Å². The van der Waals surface area contributed by atoms with Gasteiger partial charge in [0.05, 0.1) is 0 Å². The Labute approximate surface area is 79.3 Å². The monoisotopic (exact) mass is 228 g/mol. The second kappa shape index (κ2) is 4.21. The van der Waals surface area contributed by atoms with Gasteiger partial charge in [0.25, 0.3) is 5.82 Å². The van der Waals surface area contributed by atoms with E-state index in [-0.39, 0.29) is 5.82 Å². The molecular weight excluding hydrogens is 220 g/mol. The zero-order chi connectivity index (χ0) is 8.97. The summed E-state index contributed by atoms with van der Waals surface area (Å²) >= 11 is 3.37. The van der Waals surface area contributed by atoms with Crippen LogP contribution in [0, 0.1) is 17.2 Å². The maximum atomic E-state index is 8.44. The maximum Gasteiger partial charge on any atom is 0.252 e. The molecule has 0 bridgehead atoms. The van der Waals surface area contributed by atoms with Gasteiger partial charge in [-0.1, -0.05) is 22.9 Å². The van der Waals surface area contributed by atoms with Crippen molar-refractivity contribution in [1.82, 2.24) is 14.8 Å². The van der Waals surface area contributed by atoms with E-state index >= 15 is 0 Å². The minimum absolute atomic E-state index is 0.233. The second-order valence-corrected chi connectivity index (χ2v) is 3.31. The Morgan fingerprint density at radius 1 is 1.83 bits per heavy atom. The third-order valence-electron chi connectivity index (χ3n) is 1.40. The summed E-state index contributed by atoms with van der Waals surface area (Å²) in [6.07, 6.45) is 1.58. The number of hydrogen-bond acceptors (Lipinski definition) is 3. The molecule has 1 heterocycles. The Kier molecular flexibility index (Phi) is 3.23. The molecule has 1 aromatic rings. The lowest BCUT2D eigenvalue weighted by Gasteiger charge is -2.05. The number of rotatable bonds is 3. The fraction of sp³-hybridized carbons (Fsp3) is 0.571. The van der Waals surface area contributed by atoms with E-state index in [4.69, 9.17) is 5.26 Å². The molecule has 1 rings (SSSR count). The molecule has 0 N–H and O–H groups in total. The van der Waals surface area contributed by atoms with Crippen molar-refractivity contribution < 1.29 is 0 Å². The van der Waals surface area contributed by atoms with Crippen LogP contribution in [0.1, 0.15) is 12.7 Å². The molecule has 0 aromatic carbocycles. The first-order valence-electron chi connectivity index (χ1n) is 3.61. The zero-order valence-corrected chi connectivity index (χ0v) is 8.32. The van der Waals surface area contributed by atoms with Gasteiger partial charge in [-0.15, -0.1) is 5.10 Å². The van der Waals surface area contributed by atoms with E-state index in [9.17, 15) is 0 Å². The molecule has 64 valence electrons. The fourth-order valence-electron chi connectivity index (χ4n) is 0.802. The van der Waals surface area contributed by atoms with E-state index in [1.165, 1.54) is 0 Å². The van der Waals surface area contributed by atoms with Crippen LogP contribution in [0.3, 0.4) is 0 Å². The predicted octanol–water partition coefficient (Wildman–Crippen LogP) is 1.18. The lowest BCUT2D eigenvalue weighted by molar-refractivity contribution is 0.489. The summed E-state index contributed by atoms with van der Waals surface area (Å²) in [6.45, 7) is 2.89. The predicted molar refractivity (Wildman–Crippen MR) is 47.7 cm³/mol. The topological polar surface area (TPSA) is 54.5 Å². The van der Waals surface area contributed by atoms with Gasteiger partial charge in [0.2, 0.25) is 0 Å². The standard InChI is InChI=1S/C7H9BrN4/c1-6(2-8)4-12-5-10-7(3-9)11-12/h5-6H,2,4H2,1H3. The summed E-state index contributed by atoms with van der Waals surface area (Å²) in [5, 5.41) is 13.3. The van der Waals surface area contributed by atoms with Crippen LogP contribution in [0.2, 0.25) is 0 Å². The highest BCUT2D eigenvalue weighted by molar-refractivity contribution is 9.09. The van der Waals surface area contributed by atoms with Crippen molar-refractivity contribution in [2.24, 2.45) is 5.92 Å². The van der Waals surface area contributed by atoms with Crippen LogP contribution in [-0.2, 0) is 6.54 Å². The highest BCUT2D eigenvalue weighted by atomic mass is 79.9. The fourth-order valence-corrected chi connectivity index (χ4v) is 1.01. The molecule has 1 unspecified atom stereocenters. The molecule has 12 heavy (non-hydrogen) atoms. The van der Waals surface area contributed by atoms with Crippen LogP contribution in [-0.4, -0.2) is 20.1 Å². The van der Waals surface area contributed by atoms with Gasteiger partial charge in [-0.3, -0.25) is 4.68 Å². The van der Waals surface area contributed by atoms with Crippen LogP contribution in [0.5, 0.6) is 0 Å². The molecule has 1 atom stereocenters. The third-order valence-corrected chi connectivity index (χ3v) is 2.50. The van der Waals surface area contributed by atoms with Gasteiger partial charge in [-0.2, -0.15) is 5.26 Å². The third kappa shape index (κ3) is 2.31.